The number of morpholine rings is 1. The number of benzene rings is 2. The van der Waals surface area contributed by atoms with Gasteiger partial charge in [0.2, 0.25) is 15.9 Å². The molecule has 2 aromatic carbocycles. The summed E-state index contributed by atoms with van der Waals surface area (Å²) in [6.07, 6.45) is 0. The third kappa shape index (κ3) is 5.29. The van der Waals surface area contributed by atoms with Crippen LogP contribution < -0.4 is 14.9 Å². The fraction of sp³-hybridized carbons (Fsp3) is 0.316. The highest BCUT2D eigenvalue weighted by atomic mass is 32.2. The quantitative estimate of drug-likeness (QED) is 0.741. The Hall–Kier alpha value is -2.42. The zero-order valence-electron chi connectivity index (χ0n) is 14.9. The van der Waals surface area contributed by atoms with Gasteiger partial charge in [-0.1, -0.05) is 36.4 Å². The smallest absolute Gasteiger partial charge is 0.241 e. The van der Waals surface area contributed by atoms with Crippen molar-refractivity contribution in [3.8, 4) is 0 Å². The summed E-state index contributed by atoms with van der Waals surface area (Å²) in [5.41, 5.74) is 2.05. The average Bonchev–Trinajstić information content (AvgIpc) is 2.72. The van der Waals surface area contributed by atoms with Gasteiger partial charge in [0, 0.05) is 25.3 Å². The molecule has 1 heterocycles. The highest BCUT2D eigenvalue weighted by Gasteiger charge is 2.16. The van der Waals surface area contributed by atoms with Crippen LogP contribution >= 0.6 is 0 Å². The number of nitrogens with zero attached hydrogens (tertiary/aromatic N) is 1. The van der Waals surface area contributed by atoms with Gasteiger partial charge in [-0.15, -0.1) is 0 Å². The first-order valence-electron chi connectivity index (χ1n) is 8.78. The van der Waals surface area contributed by atoms with Crippen LogP contribution in [0, 0.1) is 0 Å². The number of anilines is 1. The van der Waals surface area contributed by atoms with E-state index in [0.29, 0.717) is 19.8 Å². The molecule has 144 valence electrons. The molecule has 2 N–H and O–H groups in total. The SMILES string of the molecule is O=C(CNS(=O)(=O)c1ccccc1)NCc1ccccc1N1CCOCC1. The molecule has 0 aromatic heterocycles. The third-order valence-corrected chi connectivity index (χ3v) is 5.71. The van der Waals surface area contributed by atoms with Gasteiger partial charge in [-0.3, -0.25) is 4.79 Å². The van der Waals surface area contributed by atoms with Gasteiger partial charge in [0.05, 0.1) is 24.7 Å². The summed E-state index contributed by atoms with van der Waals surface area (Å²) < 4.78 is 32.0. The number of para-hydroxylation sites is 1. The first kappa shape index (κ1) is 19.3. The second-order valence-electron chi connectivity index (χ2n) is 6.14. The molecule has 7 nitrogen and oxygen atoms in total. The largest absolute Gasteiger partial charge is 0.378 e. The highest BCUT2D eigenvalue weighted by molar-refractivity contribution is 7.89. The Morgan fingerprint density at radius 1 is 1.00 bits per heavy atom. The third-order valence-electron chi connectivity index (χ3n) is 4.30. The molecule has 8 heteroatoms. The molecule has 1 amide bonds. The van der Waals surface area contributed by atoms with E-state index in [1.807, 2.05) is 24.3 Å². The van der Waals surface area contributed by atoms with Crippen molar-refractivity contribution in [1.29, 1.82) is 0 Å². The lowest BCUT2D eigenvalue weighted by atomic mass is 10.1. The fourth-order valence-corrected chi connectivity index (χ4v) is 3.88. The van der Waals surface area contributed by atoms with Crippen molar-refractivity contribution >= 4 is 21.6 Å². The summed E-state index contributed by atoms with van der Waals surface area (Å²) in [7, 11) is -3.70. The lowest BCUT2D eigenvalue weighted by molar-refractivity contribution is -0.120. The zero-order valence-corrected chi connectivity index (χ0v) is 15.7. The Balaban J connectivity index is 1.55. The van der Waals surface area contributed by atoms with Crippen molar-refractivity contribution in [2.45, 2.75) is 11.4 Å². The molecular formula is C19H23N3O4S. The lowest BCUT2D eigenvalue weighted by Crippen LogP contribution is -2.38. The number of hydrogen-bond acceptors (Lipinski definition) is 5. The normalized spacial score (nSPS) is 14.7. The molecule has 0 atom stereocenters. The Morgan fingerprint density at radius 3 is 2.41 bits per heavy atom. The molecule has 2 aromatic rings. The monoisotopic (exact) mass is 389 g/mol. The van der Waals surface area contributed by atoms with Crippen molar-refractivity contribution < 1.29 is 17.9 Å². The first-order valence-corrected chi connectivity index (χ1v) is 10.3. The summed E-state index contributed by atoms with van der Waals surface area (Å²) in [6, 6.07) is 15.8. The minimum atomic E-state index is -3.70. The second-order valence-corrected chi connectivity index (χ2v) is 7.91. The zero-order chi connectivity index (χ0) is 19.1. The average molecular weight is 389 g/mol. The minimum Gasteiger partial charge on any atom is -0.378 e. The van der Waals surface area contributed by atoms with Crippen LogP contribution in [0.1, 0.15) is 5.56 Å². The molecule has 0 radical (unpaired) electrons. The Bertz CT molecular complexity index is 866. The van der Waals surface area contributed by atoms with Crippen LogP contribution in [0.2, 0.25) is 0 Å². The second kappa shape index (κ2) is 8.98. The Labute approximate surface area is 159 Å². The van der Waals surface area contributed by atoms with Crippen LogP contribution in [0.5, 0.6) is 0 Å². The van der Waals surface area contributed by atoms with Crippen molar-refractivity contribution in [3.63, 3.8) is 0 Å². The molecule has 1 fully saturated rings. The van der Waals surface area contributed by atoms with Gasteiger partial charge >= 0.3 is 0 Å². The summed E-state index contributed by atoms with van der Waals surface area (Å²) in [5, 5.41) is 2.78. The van der Waals surface area contributed by atoms with Gasteiger partial charge in [0.15, 0.2) is 0 Å². The van der Waals surface area contributed by atoms with E-state index in [4.69, 9.17) is 4.74 Å². The van der Waals surface area contributed by atoms with E-state index in [-0.39, 0.29) is 17.3 Å². The number of nitrogens with one attached hydrogen (secondary N) is 2. The van der Waals surface area contributed by atoms with Crippen molar-refractivity contribution in [2.24, 2.45) is 0 Å². The standard InChI is InChI=1S/C19H23N3O4S/c23-19(15-21-27(24,25)17-7-2-1-3-8-17)20-14-16-6-4-5-9-18(16)22-10-12-26-13-11-22/h1-9,21H,10-15H2,(H,20,23). The van der Waals surface area contributed by atoms with E-state index in [1.54, 1.807) is 18.2 Å². The van der Waals surface area contributed by atoms with Crippen molar-refractivity contribution in [2.75, 3.05) is 37.7 Å². The summed E-state index contributed by atoms with van der Waals surface area (Å²) in [4.78, 5) is 14.5. The lowest BCUT2D eigenvalue weighted by Gasteiger charge is -2.30. The van der Waals surface area contributed by atoms with Crippen LogP contribution in [0.3, 0.4) is 0 Å². The van der Waals surface area contributed by atoms with Gasteiger partial charge in [-0.2, -0.15) is 0 Å². The molecule has 0 bridgehead atoms. The van der Waals surface area contributed by atoms with Crippen LogP contribution in [-0.4, -0.2) is 47.2 Å². The van der Waals surface area contributed by atoms with E-state index in [0.717, 1.165) is 24.3 Å². The molecule has 0 aliphatic carbocycles. The summed E-state index contributed by atoms with van der Waals surface area (Å²) >= 11 is 0. The molecule has 1 saturated heterocycles. The van der Waals surface area contributed by atoms with Crippen LogP contribution in [0.4, 0.5) is 5.69 Å². The van der Waals surface area contributed by atoms with E-state index in [9.17, 15) is 13.2 Å². The van der Waals surface area contributed by atoms with Gasteiger partial charge in [0.25, 0.3) is 0 Å². The predicted molar refractivity (Wildman–Crippen MR) is 103 cm³/mol. The molecule has 0 unspecified atom stereocenters. The van der Waals surface area contributed by atoms with E-state index >= 15 is 0 Å². The van der Waals surface area contributed by atoms with Gasteiger partial charge in [-0.05, 0) is 23.8 Å². The van der Waals surface area contributed by atoms with Gasteiger partial charge in [0.1, 0.15) is 0 Å². The number of sulfonamides is 1. The number of amides is 1. The number of carbonyl (C=O) groups excluding carboxylic acids is 1. The molecule has 0 saturated carbocycles. The number of hydrogen-bond donors (Lipinski definition) is 2. The number of rotatable bonds is 7. The minimum absolute atomic E-state index is 0.135. The molecule has 27 heavy (non-hydrogen) atoms. The van der Waals surface area contributed by atoms with Crippen LogP contribution in [0.15, 0.2) is 59.5 Å². The van der Waals surface area contributed by atoms with E-state index in [1.165, 1.54) is 12.1 Å². The highest BCUT2D eigenvalue weighted by Crippen LogP contribution is 2.21. The Kier molecular flexibility index (Phi) is 6.44. The maximum absolute atomic E-state index is 12.2. The maximum Gasteiger partial charge on any atom is 0.241 e. The van der Waals surface area contributed by atoms with E-state index < -0.39 is 10.0 Å². The predicted octanol–water partition coefficient (Wildman–Crippen LogP) is 1.12. The summed E-state index contributed by atoms with van der Waals surface area (Å²) in [5.74, 6) is -0.383. The first-order chi connectivity index (χ1) is 13.1. The summed E-state index contributed by atoms with van der Waals surface area (Å²) in [6.45, 7) is 3.00. The maximum atomic E-state index is 12.2. The fourth-order valence-electron chi connectivity index (χ4n) is 2.87. The molecule has 1 aliphatic heterocycles. The molecule has 1 aliphatic rings. The molecular weight excluding hydrogens is 366 g/mol. The van der Waals surface area contributed by atoms with Gasteiger partial charge < -0.3 is 15.0 Å². The number of ether oxygens (including phenoxy) is 1. The topological polar surface area (TPSA) is 87.7 Å². The Morgan fingerprint density at radius 2 is 1.67 bits per heavy atom. The van der Waals surface area contributed by atoms with Crippen LogP contribution in [0.25, 0.3) is 0 Å². The van der Waals surface area contributed by atoms with E-state index in [2.05, 4.69) is 14.9 Å². The van der Waals surface area contributed by atoms with Crippen molar-refractivity contribution in [3.05, 3.63) is 60.2 Å². The van der Waals surface area contributed by atoms with Gasteiger partial charge in [-0.25, -0.2) is 13.1 Å². The van der Waals surface area contributed by atoms with Crippen molar-refractivity contribution in [1.82, 2.24) is 10.0 Å². The molecule has 3 rings (SSSR count). The number of carbonyl (C=O) groups is 1. The molecule has 0 spiro atoms. The van der Waals surface area contributed by atoms with Crippen LogP contribution in [-0.2, 0) is 26.1 Å².